The van der Waals surface area contributed by atoms with Crippen molar-refractivity contribution in [2.45, 2.75) is 39.0 Å². The van der Waals surface area contributed by atoms with Crippen molar-refractivity contribution in [1.82, 2.24) is 0 Å². The Kier molecular flexibility index (Phi) is 8.00. The number of hydrogen-bond acceptors (Lipinski definition) is 1. The molecule has 0 radical (unpaired) electrons. The summed E-state index contributed by atoms with van der Waals surface area (Å²) >= 11 is 4.49. The Bertz CT molecular complexity index is 1460. The van der Waals surface area contributed by atoms with Crippen molar-refractivity contribution in [3.05, 3.63) is 156 Å². The number of ether oxygens (including phenoxy) is 1. The van der Waals surface area contributed by atoms with Crippen LogP contribution in [0.25, 0.3) is 0 Å². The molecular formula is C36H35BrFOP. The van der Waals surface area contributed by atoms with E-state index < -0.39 is 5.31 Å². The average Bonchev–Trinajstić information content (AvgIpc) is 2.98. The van der Waals surface area contributed by atoms with Crippen LogP contribution in [-0.2, 0) is 18.2 Å². The molecule has 0 bridgehead atoms. The molecule has 0 aliphatic rings. The molecule has 0 aliphatic carbocycles. The fourth-order valence-electron chi connectivity index (χ4n) is 5.33. The molecule has 40 heavy (non-hydrogen) atoms. The third-order valence-electron chi connectivity index (χ3n) is 7.59. The van der Waals surface area contributed by atoms with Crippen LogP contribution < -0.4 is 20.7 Å². The summed E-state index contributed by atoms with van der Waals surface area (Å²) in [4.78, 5) is 0. The summed E-state index contributed by atoms with van der Waals surface area (Å²) in [5.41, 5.74) is 3.28. The van der Waals surface area contributed by atoms with Gasteiger partial charge in [-0.25, -0.2) is 0 Å². The fourth-order valence-corrected chi connectivity index (χ4v) is 13.0. The van der Waals surface area contributed by atoms with Crippen molar-refractivity contribution in [3.63, 3.8) is 0 Å². The molecule has 4 heteroatoms. The van der Waals surface area contributed by atoms with Crippen LogP contribution in [0.2, 0.25) is 0 Å². The van der Waals surface area contributed by atoms with Crippen molar-refractivity contribution < 1.29 is 9.13 Å². The summed E-state index contributed by atoms with van der Waals surface area (Å²) in [6.07, 6.45) is 0.555. The van der Waals surface area contributed by atoms with Gasteiger partial charge in [0.1, 0.15) is 0 Å². The summed E-state index contributed by atoms with van der Waals surface area (Å²) < 4.78 is 21.4. The van der Waals surface area contributed by atoms with Crippen LogP contribution in [-0.4, -0.2) is 0 Å². The molecule has 0 heterocycles. The predicted octanol–water partition coefficient (Wildman–Crippen LogP) is 9.04. The van der Waals surface area contributed by atoms with Gasteiger partial charge >= 0.3 is 247 Å². The minimum atomic E-state index is -3.31. The van der Waals surface area contributed by atoms with Gasteiger partial charge in [0.25, 0.3) is 0 Å². The molecule has 5 rings (SSSR count). The summed E-state index contributed by atoms with van der Waals surface area (Å²) in [7, 11) is 0. The summed E-state index contributed by atoms with van der Waals surface area (Å²) in [6.45, 7) is 7.04. The third-order valence-corrected chi connectivity index (χ3v) is 17.1. The zero-order valence-corrected chi connectivity index (χ0v) is 25.7. The van der Waals surface area contributed by atoms with E-state index >= 15 is 0 Å². The van der Waals surface area contributed by atoms with E-state index in [-0.39, 0.29) is 11.2 Å². The van der Waals surface area contributed by atoms with E-state index in [0.717, 1.165) is 11.1 Å². The second kappa shape index (κ2) is 11.3. The molecule has 0 aliphatic heterocycles. The van der Waals surface area contributed by atoms with Gasteiger partial charge in [0.2, 0.25) is 0 Å². The zero-order chi connectivity index (χ0) is 28.2. The fraction of sp³-hybridized carbons (Fsp3) is 0.167. The molecule has 5 aromatic rings. The van der Waals surface area contributed by atoms with E-state index in [9.17, 15) is 4.39 Å². The van der Waals surface area contributed by atoms with Gasteiger partial charge in [0.15, 0.2) is 0 Å². The quantitative estimate of drug-likeness (QED) is 0.159. The third kappa shape index (κ3) is 5.51. The van der Waals surface area contributed by atoms with Gasteiger partial charge in [0.05, 0.1) is 0 Å². The topological polar surface area (TPSA) is 9.23 Å². The molecule has 0 fully saturated rings. The van der Waals surface area contributed by atoms with Crippen molar-refractivity contribution in [2.75, 3.05) is 0 Å². The van der Waals surface area contributed by atoms with Crippen molar-refractivity contribution in [2.24, 2.45) is 0 Å². The molecule has 204 valence electrons. The number of hydrogen-bond donors (Lipinski definition) is 0. The van der Waals surface area contributed by atoms with E-state index in [4.69, 9.17) is 4.74 Å². The zero-order valence-electron chi connectivity index (χ0n) is 23.2. The average molecular weight is 614 g/mol. The molecule has 0 amide bonds. The Morgan fingerprint density at radius 3 is 1.57 bits per heavy atom. The van der Waals surface area contributed by atoms with E-state index in [1.807, 2.05) is 18.2 Å². The second-order valence-corrected chi connectivity index (χ2v) is 20.3. The second-order valence-electron chi connectivity index (χ2n) is 11.3. The van der Waals surface area contributed by atoms with Crippen molar-refractivity contribution >= 4 is 36.7 Å². The van der Waals surface area contributed by atoms with Gasteiger partial charge in [-0.15, -0.1) is 0 Å². The van der Waals surface area contributed by atoms with Crippen molar-refractivity contribution in [3.8, 4) is 5.75 Å². The van der Waals surface area contributed by atoms with E-state index in [2.05, 4.69) is 133 Å². The molecule has 0 unspecified atom stereocenters. The standard InChI is InChI=1S/C36H35BrFOP/c1-36(2,3)30-21-19-28(20-22-30)26-39-35-24-23-31(38)25-29(35)27-40(37,32-13-7-4-8-14-32,33-15-9-5-10-16-33)34-17-11-6-12-18-34/h4-25H,26-27H2,1-3H3. The molecule has 0 atom stereocenters. The monoisotopic (exact) mass is 612 g/mol. The van der Waals surface area contributed by atoms with Crippen LogP contribution in [0.3, 0.4) is 0 Å². The molecule has 1 nitrogen and oxygen atoms in total. The molecule has 5 aromatic carbocycles. The Morgan fingerprint density at radius 1 is 0.650 bits per heavy atom. The Morgan fingerprint density at radius 2 is 1.12 bits per heavy atom. The van der Waals surface area contributed by atoms with Gasteiger partial charge < -0.3 is 0 Å². The first-order valence-electron chi connectivity index (χ1n) is 13.6. The van der Waals surface area contributed by atoms with Gasteiger partial charge in [-0.05, 0) is 0 Å². The number of benzene rings is 5. The van der Waals surface area contributed by atoms with Crippen LogP contribution in [0.15, 0.2) is 133 Å². The van der Waals surface area contributed by atoms with Crippen LogP contribution in [0, 0.1) is 5.82 Å². The van der Waals surface area contributed by atoms with Gasteiger partial charge in [-0.2, -0.15) is 0 Å². The van der Waals surface area contributed by atoms with Gasteiger partial charge in [-0.1, -0.05) is 0 Å². The van der Waals surface area contributed by atoms with Crippen LogP contribution in [0.1, 0.15) is 37.5 Å². The number of rotatable bonds is 8. The van der Waals surface area contributed by atoms with Gasteiger partial charge in [0, 0.05) is 0 Å². The summed E-state index contributed by atoms with van der Waals surface area (Å²) in [6, 6.07) is 45.1. The maximum absolute atomic E-state index is 14.9. The molecule has 0 saturated carbocycles. The van der Waals surface area contributed by atoms with Crippen LogP contribution >= 0.6 is 20.8 Å². The first-order chi connectivity index (χ1) is 19.2. The Labute approximate surface area is 245 Å². The molecule has 0 aromatic heterocycles. The van der Waals surface area contributed by atoms with Crippen LogP contribution in [0.4, 0.5) is 4.39 Å². The summed E-state index contributed by atoms with van der Waals surface area (Å²) in [5.74, 6) is 0.418. The SMILES string of the molecule is CC(C)(C)c1ccc(COc2ccc(F)cc2CP(Br)(c2ccccc2)(c2ccccc2)c2ccccc2)cc1. The van der Waals surface area contributed by atoms with E-state index in [0.29, 0.717) is 18.5 Å². The predicted molar refractivity (Wildman–Crippen MR) is 174 cm³/mol. The van der Waals surface area contributed by atoms with E-state index in [1.165, 1.54) is 27.5 Å². The minimum absolute atomic E-state index is 0.0910. The molecule has 0 spiro atoms. The normalized spacial score (nSPS) is 12.9. The van der Waals surface area contributed by atoms with Crippen LogP contribution in [0.5, 0.6) is 5.75 Å². The first-order valence-corrected chi connectivity index (χ1v) is 18.0. The van der Waals surface area contributed by atoms with Gasteiger partial charge in [-0.3, -0.25) is 0 Å². The number of halogens is 2. The Balaban J connectivity index is 1.62. The molecule has 0 N–H and O–H groups in total. The van der Waals surface area contributed by atoms with E-state index in [1.54, 1.807) is 12.1 Å². The first kappa shape index (κ1) is 28.3. The summed E-state index contributed by atoms with van der Waals surface area (Å²) in [5, 5.41) is 0.224. The molecule has 0 saturated heterocycles. The maximum atomic E-state index is 14.9. The molecular weight excluding hydrogens is 578 g/mol. The Hall–Kier alpha value is -3.26. The van der Waals surface area contributed by atoms with Crippen molar-refractivity contribution in [1.29, 1.82) is 0 Å².